The van der Waals surface area contributed by atoms with Crippen LogP contribution in [0.4, 0.5) is 0 Å². The third-order valence-corrected chi connectivity index (χ3v) is 19.9. The van der Waals surface area contributed by atoms with E-state index in [2.05, 4.69) is 0 Å². The van der Waals surface area contributed by atoms with Crippen molar-refractivity contribution in [2.45, 2.75) is 27.7 Å². The Kier molecular flexibility index (Phi) is 35.4. The number of benzene rings is 12. The van der Waals surface area contributed by atoms with E-state index in [0.29, 0.717) is 95.3 Å². The quantitative estimate of drug-likeness (QED) is 0.0134. The van der Waals surface area contributed by atoms with E-state index in [1.807, 2.05) is 0 Å². The molecule has 29 heteroatoms. The van der Waals surface area contributed by atoms with Crippen molar-refractivity contribution in [3.63, 3.8) is 0 Å². The van der Waals surface area contributed by atoms with E-state index in [4.69, 9.17) is 76.9 Å². The van der Waals surface area contributed by atoms with E-state index >= 15 is 0 Å². The van der Waals surface area contributed by atoms with Crippen molar-refractivity contribution in [1.29, 1.82) is 0 Å². The van der Waals surface area contributed by atoms with Crippen LogP contribution in [0.15, 0.2) is 241 Å². The summed E-state index contributed by atoms with van der Waals surface area (Å²) < 4.78 is 71.1. The van der Waals surface area contributed by atoms with Gasteiger partial charge in [-0.05, 0) is 228 Å². The molecule has 29 nitrogen and oxygen atoms in total. The molecule has 0 aliphatic heterocycles. The molecule has 0 atom stereocenters. The second kappa shape index (κ2) is 46.9. The number of carbonyl (C=O) groups excluding carboxylic acids is 1. The Labute approximate surface area is 750 Å². The molecule has 0 unspecified atom stereocenters. The van der Waals surface area contributed by atoms with Crippen LogP contribution in [0.5, 0.6) is 138 Å². The number of hydrogen-bond acceptors (Lipinski definition) is 29. The topological polar surface area (TPSA) is 441 Å². The summed E-state index contributed by atoms with van der Waals surface area (Å²) in [6.07, 6.45) is 8.35. The standard InChI is InChI=1S/C27H28O8.2C25H26O7.C24H24O7/c1-16(15-35-17(2)28)11-12-34-23-10-7-19(13-22(23)30)25-24(32-3)14-21(27(33-4)26(25)31)18-5-8-20(29)9-6-18;2*1-15(14-26)10-11-32-21-9-6-17(12-20(21)28)23-22(30-2)13-19(25(31-3)24(23)29)16-4-7-18(27)8-5-16;1-29-21-14-18(15-5-8-17(26)9-6-15)24(30-2)23(28)22(21)16-7-10-20(19(27)13-16)31-12-4-3-11-25/h5-11,13-14,29-31H,12,15H2,1-4H3;2*4-10,12-13,26-29H,11,14H2,1-3H3;3-10,13-14,25-28H,11-12H2,1-2H3/b16-11-;15-10+;15-10-;4-3-. The van der Waals surface area contributed by atoms with Crippen molar-refractivity contribution in [2.75, 3.05) is 110 Å². The number of ether oxygens (including phenoxy) is 13. The van der Waals surface area contributed by atoms with Crippen LogP contribution in [-0.2, 0) is 9.53 Å². The molecular formula is C101H104O29. The van der Waals surface area contributed by atoms with Crippen molar-refractivity contribution >= 4 is 5.97 Å². The molecule has 130 heavy (non-hydrogen) atoms. The van der Waals surface area contributed by atoms with E-state index in [-0.39, 0.29) is 174 Å². The molecule has 0 aliphatic carbocycles. The number of hydrogen-bond donors (Lipinski definition) is 15. The predicted molar refractivity (Wildman–Crippen MR) is 492 cm³/mol. The summed E-state index contributed by atoms with van der Waals surface area (Å²) in [5, 5.41) is 151. The fourth-order valence-corrected chi connectivity index (χ4v) is 13.2. The molecule has 0 saturated carbocycles. The lowest BCUT2D eigenvalue weighted by molar-refractivity contribution is -0.140. The summed E-state index contributed by atoms with van der Waals surface area (Å²) in [5.74, 6) is 2.51. The minimum Gasteiger partial charge on any atom is -0.508 e. The number of methoxy groups -OCH3 is 8. The summed E-state index contributed by atoms with van der Waals surface area (Å²) in [5.41, 5.74) is 10.9. The number of rotatable bonds is 33. The highest BCUT2D eigenvalue weighted by Crippen LogP contribution is 2.56. The number of esters is 1. The van der Waals surface area contributed by atoms with E-state index < -0.39 is 0 Å². The van der Waals surface area contributed by atoms with E-state index in [1.165, 1.54) is 106 Å². The molecule has 0 aliphatic rings. The smallest absolute Gasteiger partial charge is 0.302 e. The third-order valence-electron chi connectivity index (χ3n) is 19.9. The molecule has 682 valence electrons. The van der Waals surface area contributed by atoms with Crippen molar-refractivity contribution < 1.29 is 143 Å². The van der Waals surface area contributed by atoms with Crippen LogP contribution in [0, 0.1) is 0 Å². The highest BCUT2D eigenvalue weighted by Gasteiger charge is 2.28. The van der Waals surface area contributed by atoms with Gasteiger partial charge in [0.15, 0.2) is 92.0 Å². The van der Waals surface area contributed by atoms with Crippen LogP contribution in [0.2, 0.25) is 0 Å². The lowest BCUT2D eigenvalue weighted by Gasteiger charge is -2.18. The van der Waals surface area contributed by atoms with Crippen LogP contribution in [0.3, 0.4) is 0 Å². The Morgan fingerprint density at radius 2 is 0.500 bits per heavy atom. The average Bonchev–Trinajstić information content (AvgIpc) is 0.783. The highest BCUT2D eigenvalue weighted by molar-refractivity contribution is 5.92. The number of aromatic hydroxyl groups is 12. The SMILES string of the molecule is COc1cc(-c2ccc(O)cc2)c(OC)c(O)c1-c1ccc(OC/C=C(/C)CO)c(O)c1.COc1cc(-c2ccc(O)cc2)c(OC)c(O)c1-c1ccc(OC/C=C(/C)COC(C)=O)c(O)c1.COc1cc(-c2ccc(O)cc2)c(OC)c(O)c1-c1ccc(OC/C=C(\C)CO)c(O)c1.COc1cc(-c2ccc(O)cc2)c(OC)c(O)c1-c1ccc(OC/C=C\CO)c(O)c1. The van der Waals surface area contributed by atoms with Gasteiger partial charge in [0.2, 0.25) is 0 Å². The van der Waals surface area contributed by atoms with Crippen LogP contribution in [0.25, 0.3) is 89.0 Å². The van der Waals surface area contributed by atoms with Gasteiger partial charge in [-0.3, -0.25) is 4.79 Å². The summed E-state index contributed by atoms with van der Waals surface area (Å²) in [6.45, 7) is 7.41. The highest BCUT2D eigenvalue weighted by atomic mass is 16.5. The van der Waals surface area contributed by atoms with Crippen molar-refractivity contribution in [3.05, 3.63) is 241 Å². The van der Waals surface area contributed by atoms with Gasteiger partial charge in [-0.1, -0.05) is 78.9 Å². The fraction of sp³-hybridized carbons (Fsp3) is 0.198. The van der Waals surface area contributed by atoms with Crippen LogP contribution < -0.4 is 56.8 Å². The van der Waals surface area contributed by atoms with Gasteiger partial charge < -0.3 is 138 Å². The first-order valence-corrected chi connectivity index (χ1v) is 40.0. The van der Waals surface area contributed by atoms with Gasteiger partial charge in [-0.25, -0.2) is 0 Å². The monoisotopic (exact) mass is 1780 g/mol. The normalized spacial score (nSPS) is 11.2. The van der Waals surface area contributed by atoms with E-state index in [9.17, 15) is 66.1 Å². The molecule has 0 bridgehead atoms. The van der Waals surface area contributed by atoms with Gasteiger partial charge in [0.1, 0.15) is 79.0 Å². The van der Waals surface area contributed by atoms with Crippen molar-refractivity contribution in [2.24, 2.45) is 0 Å². The maximum atomic E-state index is 11.1. The van der Waals surface area contributed by atoms with Gasteiger partial charge in [0, 0.05) is 29.2 Å². The van der Waals surface area contributed by atoms with Crippen molar-refractivity contribution in [3.8, 4) is 227 Å². The number of carbonyl (C=O) groups is 1. The zero-order valence-corrected chi connectivity index (χ0v) is 73.4. The molecule has 0 fully saturated rings. The molecule has 0 amide bonds. The van der Waals surface area contributed by atoms with Crippen LogP contribution in [0.1, 0.15) is 27.7 Å². The van der Waals surface area contributed by atoms with Crippen LogP contribution >= 0.6 is 0 Å². The van der Waals surface area contributed by atoms with E-state index in [1.54, 1.807) is 203 Å². The number of phenols is 12. The maximum Gasteiger partial charge on any atom is 0.302 e. The lowest BCUT2D eigenvalue weighted by Crippen LogP contribution is -2.03. The maximum absolute atomic E-state index is 11.1. The van der Waals surface area contributed by atoms with Crippen molar-refractivity contribution in [1.82, 2.24) is 0 Å². The van der Waals surface area contributed by atoms with Gasteiger partial charge in [0.05, 0.1) is 99.0 Å². The number of phenolic OH excluding ortho intramolecular Hbond substituents is 12. The number of aliphatic hydroxyl groups is 3. The Bertz CT molecular complexity index is 5820. The lowest BCUT2D eigenvalue weighted by atomic mass is 9.96. The predicted octanol–water partition coefficient (Wildman–Crippen LogP) is 18.1. The Balaban J connectivity index is 0.000000196. The molecule has 0 heterocycles. The third kappa shape index (κ3) is 24.6. The Hall–Kier alpha value is -15.9. The zero-order valence-electron chi connectivity index (χ0n) is 73.4. The first-order chi connectivity index (χ1) is 62.5. The first-order valence-electron chi connectivity index (χ1n) is 40.0. The molecule has 12 aromatic carbocycles. The minimum absolute atomic E-state index is 0.0602. The molecule has 0 saturated heterocycles. The number of aliphatic hydroxyl groups excluding tert-OH is 3. The molecule has 12 aromatic rings. The second-order valence-corrected chi connectivity index (χ2v) is 28.6. The summed E-state index contributed by atoms with van der Waals surface area (Å²) in [7, 11) is 11.7. The molecule has 0 spiro atoms. The minimum atomic E-state index is -0.363. The molecule has 12 rings (SSSR count). The largest absolute Gasteiger partial charge is 0.508 e. The van der Waals surface area contributed by atoms with E-state index in [0.717, 1.165) is 33.4 Å². The Morgan fingerprint density at radius 3 is 0.708 bits per heavy atom. The molecule has 15 N–H and O–H groups in total. The molecular weight excluding hydrogens is 1680 g/mol. The molecule has 0 aromatic heterocycles. The average molecular weight is 1780 g/mol. The van der Waals surface area contributed by atoms with Gasteiger partial charge in [0.25, 0.3) is 0 Å². The Morgan fingerprint density at radius 1 is 0.269 bits per heavy atom. The van der Waals surface area contributed by atoms with Gasteiger partial charge in [-0.15, -0.1) is 0 Å². The summed E-state index contributed by atoms with van der Waals surface area (Å²) in [4.78, 5) is 10.9. The second-order valence-electron chi connectivity index (χ2n) is 28.6. The first kappa shape index (κ1) is 97.9. The zero-order chi connectivity index (χ0) is 94.4. The fourth-order valence-electron chi connectivity index (χ4n) is 13.2. The summed E-state index contributed by atoms with van der Waals surface area (Å²) in [6, 6.07) is 51.8. The van der Waals surface area contributed by atoms with Crippen LogP contribution in [-0.4, -0.2) is 192 Å². The summed E-state index contributed by atoms with van der Waals surface area (Å²) >= 11 is 0. The van der Waals surface area contributed by atoms with Gasteiger partial charge >= 0.3 is 5.97 Å². The molecule has 0 radical (unpaired) electrons. The van der Waals surface area contributed by atoms with Gasteiger partial charge in [-0.2, -0.15) is 0 Å².